The highest BCUT2D eigenvalue weighted by Crippen LogP contribution is 2.40. The number of methoxy groups -OCH3 is 3. The van der Waals surface area contributed by atoms with Crippen LogP contribution in [0.1, 0.15) is 35.2 Å². The molecule has 0 saturated carbocycles. The number of carbonyl (C=O) groups excluding carboxylic acids is 2. The van der Waals surface area contributed by atoms with Crippen molar-refractivity contribution in [3.05, 3.63) is 77.3 Å². The van der Waals surface area contributed by atoms with Crippen molar-refractivity contribution in [2.24, 2.45) is 9.98 Å². The molecule has 2 aromatic carbocycles. The number of rotatable bonds is 16. The van der Waals surface area contributed by atoms with Crippen molar-refractivity contribution in [3.63, 3.8) is 0 Å². The maximum absolute atomic E-state index is 13.7. The first-order valence-electron chi connectivity index (χ1n) is 16.4. The fourth-order valence-corrected chi connectivity index (χ4v) is 5.69. The Morgan fingerprint density at radius 1 is 1.08 bits per heavy atom. The molecule has 2 atom stereocenters. The molecule has 0 aliphatic carbocycles. The number of nitrogens with one attached hydrogen (secondary N) is 1. The van der Waals surface area contributed by atoms with Gasteiger partial charge in [-0.05, 0) is 42.5 Å². The van der Waals surface area contributed by atoms with Gasteiger partial charge >= 0.3 is 0 Å². The van der Waals surface area contributed by atoms with E-state index in [0.29, 0.717) is 80.7 Å². The highest BCUT2D eigenvalue weighted by molar-refractivity contribution is 6.05. The molecule has 0 bridgehead atoms. The topological polar surface area (TPSA) is 124 Å². The Balaban J connectivity index is 1.13. The Kier molecular flexibility index (Phi) is 12.8. The molecule has 1 N–H and O–H groups in total. The zero-order chi connectivity index (χ0) is 35.3. The Morgan fingerprint density at radius 3 is 2.66 bits per heavy atom. The van der Waals surface area contributed by atoms with Crippen LogP contribution in [0.3, 0.4) is 0 Å². The number of nitrogens with zero attached hydrogens (tertiary/aromatic N) is 4. The van der Waals surface area contributed by atoms with E-state index >= 15 is 0 Å². The summed E-state index contributed by atoms with van der Waals surface area (Å²) in [6, 6.07) is 10.9. The maximum Gasteiger partial charge on any atom is 0.260 e. The van der Waals surface area contributed by atoms with E-state index in [9.17, 15) is 9.59 Å². The van der Waals surface area contributed by atoms with Gasteiger partial charge in [0.05, 0.1) is 63.9 Å². The number of aliphatic imine (C=N–C) groups is 2. The predicted octanol–water partition coefficient (Wildman–Crippen LogP) is 4.40. The summed E-state index contributed by atoms with van der Waals surface area (Å²) < 4.78 is 28.2. The van der Waals surface area contributed by atoms with Crippen LogP contribution in [-0.2, 0) is 14.3 Å². The summed E-state index contributed by atoms with van der Waals surface area (Å²) in [4.78, 5) is 37.6. The van der Waals surface area contributed by atoms with E-state index in [1.54, 1.807) is 55.7 Å². The van der Waals surface area contributed by atoms with E-state index in [1.807, 2.05) is 49.8 Å². The van der Waals surface area contributed by atoms with Crippen molar-refractivity contribution in [1.82, 2.24) is 15.1 Å². The fourth-order valence-electron chi connectivity index (χ4n) is 5.69. The second-order valence-electron chi connectivity index (χ2n) is 11.6. The second kappa shape index (κ2) is 17.9. The summed E-state index contributed by atoms with van der Waals surface area (Å²) in [6.07, 6.45) is 11.8. The van der Waals surface area contributed by atoms with Gasteiger partial charge in [-0.1, -0.05) is 24.0 Å². The monoisotopic (exact) mass is 681 g/mol. The van der Waals surface area contributed by atoms with Crippen LogP contribution in [0.25, 0.3) is 5.57 Å². The molecule has 12 heteroatoms. The Bertz CT molecular complexity index is 1740. The second-order valence-corrected chi connectivity index (χ2v) is 11.6. The van der Waals surface area contributed by atoms with Gasteiger partial charge in [0.25, 0.3) is 5.91 Å². The van der Waals surface area contributed by atoms with Crippen molar-refractivity contribution in [2.45, 2.75) is 31.3 Å². The van der Waals surface area contributed by atoms with Crippen molar-refractivity contribution in [1.29, 1.82) is 0 Å². The molecule has 0 spiro atoms. The average Bonchev–Trinajstić information content (AvgIpc) is 3.73. The molecule has 0 fully saturated rings. The smallest absolute Gasteiger partial charge is 0.260 e. The molecule has 2 amide bonds. The van der Waals surface area contributed by atoms with Gasteiger partial charge in [-0.2, -0.15) is 0 Å². The Labute approximate surface area is 293 Å². The van der Waals surface area contributed by atoms with E-state index in [-0.39, 0.29) is 18.0 Å². The van der Waals surface area contributed by atoms with Gasteiger partial charge in [-0.25, -0.2) is 0 Å². The summed E-state index contributed by atoms with van der Waals surface area (Å²) in [5, 5.41) is 2.98. The van der Waals surface area contributed by atoms with Gasteiger partial charge in [-0.15, -0.1) is 0 Å². The molecule has 2 aromatic rings. The highest BCUT2D eigenvalue weighted by Gasteiger charge is 2.33. The Hall–Kier alpha value is -5.38. The molecule has 3 aliphatic rings. The lowest BCUT2D eigenvalue weighted by Crippen LogP contribution is -2.32. The zero-order valence-corrected chi connectivity index (χ0v) is 28.9. The lowest BCUT2D eigenvalue weighted by Gasteiger charge is -2.19. The standard InChI is InChI=1S/C38H43N5O7/c1-39-13-5-7-27-17-30(42(23-27)26-44)21-40-14-12-33(25-46-2)49-15-6-16-50-37-20-35-34(19-36(37)48-4)38(45)43-24-29(18-31(43)22-41-35)28-8-10-32(47-3)11-9-28/h8-12,19-24,26,30-31,39H,6,13-18,25H2,1-4H3/t30-,31-/m0/s1. The van der Waals surface area contributed by atoms with Crippen LogP contribution < -0.4 is 19.5 Å². The van der Waals surface area contributed by atoms with Crippen molar-refractivity contribution >= 4 is 36.0 Å². The number of amides is 2. The van der Waals surface area contributed by atoms with Crippen LogP contribution in [0.15, 0.2) is 76.2 Å². The summed E-state index contributed by atoms with van der Waals surface area (Å²) in [6.45, 7) is 2.00. The summed E-state index contributed by atoms with van der Waals surface area (Å²) in [5.74, 6) is 8.33. The van der Waals surface area contributed by atoms with Crippen LogP contribution in [0.5, 0.6) is 17.2 Å². The molecule has 3 aliphatic heterocycles. The van der Waals surface area contributed by atoms with Gasteiger partial charge < -0.3 is 38.8 Å². The van der Waals surface area contributed by atoms with Gasteiger partial charge in [0, 0.05) is 62.8 Å². The van der Waals surface area contributed by atoms with E-state index in [4.69, 9.17) is 23.7 Å². The van der Waals surface area contributed by atoms with Gasteiger partial charge in [0.2, 0.25) is 6.41 Å². The molecular formula is C38H43N5O7. The lowest BCUT2D eigenvalue weighted by molar-refractivity contribution is -0.116. The largest absolute Gasteiger partial charge is 0.497 e. The minimum absolute atomic E-state index is 0.147. The molecular weight excluding hydrogens is 638 g/mol. The van der Waals surface area contributed by atoms with Gasteiger partial charge in [0.15, 0.2) is 11.5 Å². The summed E-state index contributed by atoms with van der Waals surface area (Å²) in [5.41, 5.74) is 3.97. The summed E-state index contributed by atoms with van der Waals surface area (Å²) in [7, 11) is 6.62. The first-order chi connectivity index (χ1) is 24.5. The number of fused-ring (bicyclic) bond motifs is 2. The van der Waals surface area contributed by atoms with Crippen molar-refractivity contribution < 1.29 is 33.3 Å². The van der Waals surface area contributed by atoms with E-state index < -0.39 is 0 Å². The minimum atomic E-state index is -0.189. The van der Waals surface area contributed by atoms with Crippen LogP contribution >= 0.6 is 0 Å². The molecule has 12 nitrogen and oxygen atoms in total. The van der Waals surface area contributed by atoms with Crippen LogP contribution in [0.2, 0.25) is 0 Å². The Morgan fingerprint density at radius 2 is 1.92 bits per heavy atom. The number of hydrogen-bond acceptors (Lipinski definition) is 10. The van der Waals surface area contributed by atoms with E-state index in [2.05, 4.69) is 27.1 Å². The first kappa shape index (κ1) is 35.9. The zero-order valence-electron chi connectivity index (χ0n) is 28.9. The molecule has 0 radical (unpaired) electrons. The predicted molar refractivity (Wildman–Crippen MR) is 192 cm³/mol. The SMILES string of the molecule is CNCC#CC1=CN(C=O)[C@H](C=NCC=C(COC)OCCCOc2cc3c(cc2OC)C(=O)N2C=C(c4ccc(OC)cc4)C[C@H]2C=N3)C1. The van der Waals surface area contributed by atoms with Crippen LogP contribution in [0.4, 0.5) is 5.69 Å². The van der Waals surface area contributed by atoms with E-state index in [0.717, 1.165) is 28.9 Å². The van der Waals surface area contributed by atoms with E-state index in [1.165, 1.54) is 0 Å². The quantitative estimate of drug-likeness (QED) is 0.0910. The number of benzene rings is 2. The van der Waals surface area contributed by atoms with Gasteiger partial charge in [-0.3, -0.25) is 19.6 Å². The third-order valence-corrected chi connectivity index (χ3v) is 8.25. The first-order valence-corrected chi connectivity index (χ1v) is 16.4. The van der Waals surface area contributed by atoms with Crippen molar-refractivity contribution in [3.8, 4) is 29.1 Å². The molecule has 5 rings (SSSR count). The van der Waals surface area contributed by atoms with Crippen LogP contribution in [0, 0.1) is 11.8 Å². The number of hydrogen-bond donors (Lipinski definition) is 1. The third-order valence-electron chi connectivity index (χ3n) is 8.25. The number of ether oxygens (including phenoxy) is 5. The van der Waals surface area contributed by atoms with Crippen LogP contribution in [-0.4, -0.2) is 108 Å². The van der Waals surface area contributed by atoms with Gasteiger partial charge in [0.1, 0.15) is 18.1 Å². The summed E-state index contributed by atoms with van der Waals surface area (Å²) >= 11 is 0. The fraction of sp³-hybridized carbons (Fsp3) is 0.368. The minimum Gasteiger partial charge on any atom is -0.497 e. The third kappa shape index (κ3) is 8.99. The highest BCUT2D eigenvalue weighted by atomic mass is 16.5. The molecule has 3 heterocycles. The molecule has 0 saturated heterocycles. The normalized spacial score (nSPS) is 18.2. The maximum atomic E-state index is 13.7. The molecule has 0 unspecified atom stereocenters. The average molecular weight is 682 g/mol. The molecule has 0 aromatic heterocycles. The van der Waals surface area contributed by atoms with Crippen molar-refractivity contribution in [2.75, 3.05) is 61.3 Å². The lowest BCUT2D eigenvalue weighted by atomic mass is 10.0. The molecule has 50 heavy (non-hydrogen) atoms. The molecule has 262 valence electrons. The number of carbonyl (C=O) groups is 2.